The molecule has 1 amide bonds. The Morgan fingerprint density at radius 2 is 2.10 bits per heavy atom. The number of hydrogen-bond acceptors (Lipinski definition) is 6. The summed E-state index contributed by atoms with van der Waals surface area (Å²) in [4.78, 5) is 45.6. The maximum Gasteiger partial charge on any atom is 0.265 e. The van der Waals surface area contributed by atoms with Gasteiger partial charge >= 0.3 is 0 Å². The molecule has 29 heavy (non-hydrogen) atoms. The van der Waals surface area contributed by atoms with E-state index in [-0.39, 0.29) is 30.4 Å². The number of amides is 1. The highest BCUT2D eigenvalue weighted by Gasteiger charge is 2.26. The molecule has 3 aromatic rings. The minimum Gasteiger partial charge on any atom is -0.482 e. The molecule has 1 aliphatic heterocycles. The van der Waals surface area contributed by atoms with Gasteiger partial charge in [-0.15, -0.1) is 17.9 Å². The van der Waals surface area contributed by atoms with Gasteiger partial charge in [0, 0.05) is 17.0 Å². The maximum atomic E-state index is 12.9. The molecule has 0 unspecified atom stereocenters. The molecule has 3 heterocycles. The van der Waals surface area contributed by atoms with Gasteiger partial charge in [-0.25, -0.2) is 4.98 Å². The van der Waals surface area contributed by atoms with E-state index in [4.69, 9.17) is 4.74 Å². The fourth-order valence-electron chi connectivity index (χ4n) is 3.36. The molecular formula is C21H19N3O4S. The summed E-state index contributed by atoms with van der Waals surface area (Å²) in [5.74, 6) is 0.579. The minimum atomic E-state index is -0.248. The first kappa shape index (κ1) is 19.1. The van der Waals surface area contributed by atoms with Crippen molar-refractivity contribution >= 4 is 38.9 Å². The predicted molar refractivity (Wildman–Crippen MR) is 112 cm³/mol. The van der Waals surface area contributed by atoms with Gasteiger partial charge in [0.25, 0.3) is 11.5 Å². The SMILES string of the molecule is C=CCN1C(=O)COc2ccc(C(=O)Cn3c(C)nc4sc(C)cc4c3=O)cc21. The lowest BCUT2D eigenvalue weighted by Gasteiger charge is -2.28. The summed E-state index contributed by atoms with van der Waals surface area (Å²) in [6, 6.07) is 6.73. The molecule has 0 aliphatic carbocycles. The highest BCUT2D eigenvalue weighted by Crippen LogP contribution is 2.33. The molecule has 4 rings (SSSR count). The van der Waals surface area contributed by atoms with Gasteiger partial charge in [-0.2, -0.15) is 0 Å². The number of ketones is 1. The largest absolute Gasteiger partial charge is 0.482 e. The van der Waals surface area contributed by atoms with Crippen LogP contribution in [-0.4, -0.2) is 34.4 Å². The van der Waals surface area contributed by atoms with Crippen molar-refractivity contribution in [3.05, 3.63) is 63.5 Å². The van der Waals surface area contributed by atoms with Crippen LogP contribution < -0.4 is 15.2 Å². The van der Waals surface area contributed by atoms with E-state index >= 15 is 0 Å². The summed E-state index contributed by atoms with van der Waals surface area (Å²) in [6.07, 6.45) is 1.62. The van der Waals surface area contributed by atoms with E-state index in [0.29, 0.717) is 39.6 Å². The van der Waals surface area contributed by atoms with Crippen molar-refractivity contribution in [3.8, 4) is 5.75 Å². The molecule has 148 valence electrons. The Kier molecular flexibility index (Phi) is 4.79. The number of nitrogens with zero attached hydrogens (tertiary/aromatic N) is 3. The molecule has 1 aliphatic rings. The Hall–Kier alpha value is -3.26. The zero-order valence-electron chi connectivity index (χ0n) is 16.1. The number of anilines is 1. The van der Waals surface area contributed by atoms with Gasteiger partial charge < -0.3 is 9.64 Å². The van der Waals surface area contributed by atoms with Crippen LogP contribution in [0.5, 0.6) is 5.75 Å². The Balaban J connectivity index is 1.70. The fourth-order valence-corrected chi connectivity index (χ4v) is 4.28. The molecule has 7 nitrogen and oxygen atoms in total. The summed E-state index contributed by atoms with van der Waals surface area (Å²) in [6.45, 7) is 7.46. The lowest BCUT2D eigenvalue weighted by atomic mass is 10.1. The Morgan fingerprint density at radius 3 is 2.86 bits per heavy atom. The summed E-state index contributed by atoms with van der Waals surface area (Å²) in [5.41, 5.74) is 0.692. The fraction of sp³-hybridized carbons (Fsp3) is 0.238. The second-order valence-electron chi connectivity index (χ2n) is 6.81. The highest BCUT2D eigenvalue weighted by atomic mass is 32.1. The number of Topliss-reactive ketones (excluding diaryl/α,β-unsaturated/α-hetero) is 1. The van der Waals surface area contributed by atoms with Gasteiger partial charge in [-0.1, -0.05) is 6.08 Å². The monoisotopic (exact) mass is 409 g/mol. The van der Waals surface area contributed by atoms with E-state index in [0.717, 1.165) is 4.88 Å². The first-order valence-electron chi connectivity index (χ1n) is 9.08. The van der Waals surface area contributed by atoms with Gasteiger partial charge in [-0.3, -0.25) is 19.0 Å². The molecule has 2 aromatic heterocycles. The number of fused-ring (bicyclic) bond motifs is 2. The van der Waals surface area contributed by atoms with E-state index in [1.165, 1.54) is 20.8 Å². The normalized spacial score (nSPS) is 13.3. The number of aryl methyl sites for hydroxylation is 2. The lowest BCUT2D eigenvalue weighted by Crippen LogP contribution is -2.39. The van der Waals surface area contributed by atoms with Crippen LogP contribution >= 0.6 is 11.3 Å². The molecular weight excluding hydrogens is 390 g/mol. The standard InChI is InChI=1S/C21H19N3O4S/c1-4-7-23-16-9-14(5-6-18(16)28-11-19(23)26)17(25)10-24-13(3)22-20-15(21(24)27)8-12(2)29-20/h4-6,8-9H,1,7,10-11H2,2-3H3. The van der Waals surface area contributed by atoms with E-state index < -0.39 is 0 Å². The second-order valence-corrected chi connectivity index (χ2v) is 8.05. The van der Waals surface area contributed by atoms with Crippen LogP contribution in [0.25, 0.3) is 10.2 Å². The molecule has 0 atom stereocenters. The van der Waals surface area contributed by atoms with E-state index in [9.17, 15) is 14.4 Å². The van der Waals surface area contributed by atoms with Crippen LogP contribution in [0.4, 0.5) is 5.69 Å². The van der Waals surface area contributed by atoms with Crippen molar-refractivity contribution < 1.29 is 14.3 Å². The number of benzene rings is 1. The average Bonchev–Trinajstić information content (AvgIpc) is 3.07. The molecule has 0 fully saturated rings. The zero-order valence-corrected chi connectivity index (χ0v) is 16.9. The number of carbonyl (C=O) groups excluding carboxylic acids is 2. The van der Waals surface area contributed by atoms with Gasteiger partial charge in [0.2, 0.25) is 0 Å². The zero-order chi connectivity index (χ0) is 20.7. The van der Waals surface area contributed by atoms with E-state index in [1.54, 1.807) is 37.3 Å². The van der Waals surface area contributed by atoms with Crippen molar-refractivity contribution in [1.29, 1.82) is 0 Å². The van der Waals surface area contributed by atoms with Crippen LogP contribution in [0.15, 0.2) is 41.7 Å². The van der Waals surface area contributed by atoms with Gasteiger partial charge in [-0.05, 0) is 38.1 Å². The average molecular weight is 409 g/mol. The van der Waals surface area contributed by atoms with Gasteiger partial charge in [0.1, 0.15) is 16.4 Å². The first-order valence-corrected chi connectivity index (χ1v) is 9.89. The number of carbonyl (C=O) groups is 2. The lowest BCUT2D eigenvalue weighted by molar-refractivity contribution is -0.121. The molecule has 0 saturated heterocycles. The van der Waals surface area contributed by atoms with Crippen LogP contribution in [0.1, 0.15) is 21.1 Å². The summed E-state index contributed by atoms with van der Waals surface area (Å²) < 4.78 is 6.84. The van der Waals surface area contributed by atoms with E-state index in [1.807, 2.05) is 6.92 Å². The number of hydrogen-bond donors (Lipinski definition) is 0. The third kappa shape index (κ3) is 3.36. The van der Waals surface area contributed by atoms with E-state index in [2.05, 4.69) is 11.6 Å². The number of thiophene rings is 1. The maximum absolute atomic E-state index is 12.9. The summed E-state index contributed by atoms with van der Waals surface area (Å²) in [7, 11) is 0. The third-order valence-electron chi connectivity index (χ3n) is 4.80. The molecule has 0 bridgehead atoms. The predicted octanol–water partition coefficient (Wildman–Crippen LogP) is 2.87. The van der Waals surface area contributed by atoms with Crippen molar-refractivity contribution in [2.24, 2.45) is 0 Å². The van der Waals surface area contributed by atoms with Crippen molar-refractivity contribution in [1.82, 2.24) is 9.55 Å². The quantitative estimate of drug-likeness (QED) is 0.478. The van der Waals surface area contributed by atoms with Crippen molar-refractivity contribution in [3.63, 3.8) is 0 Å². The van der Waals surface area contributed by atoms with Crippen LogP contribution in [-0.2, 0) is 11.3 Å². The highest BCUT2D eigenvalue weighted by molar-refractivity contribution is 7.18. The van der Waals surface area contributed by atoms with Gasteiger partial charge in [0.05, 0.1) is 17.6 Å². The Bertz CT molecular complexity index is 1220. The van der Waals surface area contributed by atoms with Crippen LogP contribution in [0.2, 0.25) is 0 Å². The molecule has 8 heteroatoms. The molecule has 0 saturated carbocycles. The molecule has 0 radical (unpaired) electrons. The molecule has 0 N–H and O–H groups in total. The second kappa shape index (κ2) is 7.29. The number of ether oxygens (including phenoxy) is 1. The van der Waals surface area contributed by atoms with Gasteiger partial charge in [0.15, 0.2) is 12.4 Å². The van der Waals surface area contributed by atoms with Crippen LogP contribution in [0, 0.1) is 13.8 Å². The van der Waals surface area contributed by atoms with Crippen LogP contribution in [0.3, 0.4) is 0 Å². The number of aromatic nitrogens is 2. The van der Waals surface area contributed by atoms with Crippen molar-refractivity contribution in [2.75, 3.05) is 18.1 Å². The summed E-state index contributed by atoms with van der Waals surface area (Å²) in [5, 5.41) is 0.521. The first-order chi connectivity index (χ1) is 13.9. The summed E-state index contributed by atoms with van der Waals surface area (Å²) >= 11 is 1.46. The van der Waals surface area contributed by atoms with Crippen molar-refractivity contribution in [2.45, 2.75) is 20.4 Å². The Labute approximate surface area is 170 Å². The number of rotatable bonds is 5. The topological polar surface area (TPSA) is 81.5 Å². The third-order valence-corrected chi connectivity index (χ3v) is 5.75. The molecule has 0 spiro atoms. The molecule has 1 aromatic carbocycles. The minimum absolute atomic E-state index is 0.0472. The smallest absolute Gasteiger partial charge is 0.265 e. The Morgan fingerprint density at radius 1 is 1.31 bits per heavy atom.